The molecule has 1 aromatic rings. The fourth-order valence-electron chi connectivity index (χ4n) is 1.66. The summed E-state index contributed by atoms with van der Waals surface area (Å²) in [4.78, 5) is 13.3. The van der Waals surface area contributed by atoms with E-state index in [4.69, 9.17) is 10.5 Å². The number of amides is 1. The maximum Gasteiger partial charge on any atom is 0.246 e. The number of carbonyl (C=O) groups excluding carboxylic acids is 1. The largest absolute Gasteiger partial charge is 0.494 e. The molecule has 0 saturated heterocycles. The number of hydrogen-bond donors (Lipinski definition) is 1. The molecule has 4 nitrogen and oxygen atoms in total. The van der Waals surface area contributed by atoms with Gasteiger partial charge in [0.1, 0.15) is 0 Å². The molecule has 1 fully saturated rings. The summed E-state index contributed by atoms with van der Waals surface area (Å²) in [5.74, 6) is -0.517. The summed E-state index contributed by atoms with van der Waals surface area (Å²) in [6, 6.07) is 4.39. The van der Waals surface area contributed by atoms with Crippen LogP contribution in [0.2, 0.25) is 0 Å². The van der Waals surface area contributed by atoms with Crippen molar-refractivity contribution in [3.63, 3.8) is 0 Å². The highest BCUT2D eigenvalue weighted by Gasteiger charge is 2.47. The van der Waals surface area contributed by atoms with E-state index in [-0.39, 0.29) is 24.1 Å². The summed E-state index contributed by atoms with van der Waals surface area (Å²) in [6.45, 7) is 0. The summed E-state index contributed by atoms with van der Waals surface area (Å²) < 4.78 is 18.3. The summed E-state index contributed by atoms with van der Waals surface area (Å²) >= 11 is 0. The zero-order valence-corrected chi connectivity index (χ0v) is 11.1. The zero-order valence-electron chi connectivity index (χ0n) is 10.3. The lowest BCUT2D eigenvalue weighted by atomic mass is 10.2. The Morgan fingerprint density at radius 2 is 2.11 bits per heavy atom. The average Bonchev–Trinajstić information content (AvgIpc) is 3.06. The number of anilines is 1. The van der Waals surface area contributed by atoms with Gasteiger partial charge in [-0.05, 0) is 25.0 Å². The first kappa shape index (κ1) is 14.7. The zero-order chi connectivity index (χ0) is 12.6. The molecule has 6 heteroatoms. The highest BCUT2D eigenvalue weighted by Crippen LogP contribution is 2.35. The van der Waals surface area contributed by atoms with Crippen LogP contribution >= 0.6 is 12.4 Å². The summed E-state index contributed by atoms with van der Waals surface area (Å²) in [7, 11) is 2.99. The Bertz CT molecular complexity index is 463. The maximum absolute atomic E-state index is 13.5. The van der Waals surface area contributed by atoms with Gasteiger partial charge in [0.15, 0.2) is 11.6 Å². The molecule has 1 amide bonds. The van der Waals surface area contributed by atoms with Crippen molar-refractivity contribution in [3.8, 4) is 5.75 Å². The molecule has 100 valence electrons. The van der Waals surface area contributed by atoms with Crippen molar-refractivity contribution in [2.45, 2.75) is 18.4 Å². The van der Waals surface area contributed by atoms with Crippen LogP contribution in [-0.4, -0.2) is 25.6 Å². The molecule has 2 N–H and O–H groups in total. The Hall–Kier alpha value is -1.33. The Kier molecular flexibility index (Phi) is 4.19. The van der Waals surface area contributed by atoms with Crippen LogP contribution in [0.15, 0.2) is 18.2 Å². The number of carbonyl (C=O) groups is 1. The first-order valence-electron chi connectivity index (χ1n) is 5.38. The number of methoxy groups -OCH3 is 1. The van der Waals surface area contributed by atoms with E-state index < -0.39 is 11.4 Å². The Morgan fingerprint density at radius 3 is 2.56 bits per heavy atom. The molecular formula is C12H16ClFN2O2. The number of ether oxygens (including phenoxy) is 1. The number of nitrogens with zero attached hydrogens (tertiary/aromatic N) is 1. The van der Waals surface area contributed by atoms with E-state index in [0.717, 1.165) is 0 Å². The lowest BCUT2D eigenvalue weighted by Gasteiger charge is -2.21. The molecule has 18 heavy (non-hydrogen) atoms. The number of hydrogen-bond acceptors (Lipinski definition) is 3. The van der Waals surface area contributed by atoms with Crippen molar-refractivity contribution >= 4 is 24.0 Å². The molecule has 0 aromatic heterocycles. The van der Waals surface area contributed by atoms with Crippen molar-refractivity contribution in [3.05, 3.63) is 24.0 Å². The Labute approximate surface area is 111 Å². The van der Waals surface area contributed by atoms with Crippen molar-refractivity contribution in [1.29, 1.82) is 0 Å². The van der Waals surface area contributed by atoms with Gasteiger partial charge in [0.25, 0.3) is 0 Å². The molecule has 0 unspecified atom stereocenters. The van der Waals surface area contributed by atoms with E-state index in [1.165, 1.54) is 24.1 Å². The normalized spacial score (nSPS) is 15.6. The Balaban J connectivity index is 0.00000162. The predicted octanol–water partition coefficient (Wildman–Crippen LogP) is 1.71. The van der Waals surface area contributed by atoms with E-state index in [1.807, 2.05) is 0 Å². The van der Waals surface area contributed by atoms with Gasteiger partial charge in [-0.2, -0.15) is 0 Å². The fourth-order valence-corrected chi connectivity index (χ4v) is 1.66. The molecule has 0 atom stereocenters. The van der Waals surface area contributed by atoms with Crippen LogP contribution in [0.4, 0.5) is 10.1 Å². The molecule has 1 aliphatic rings. The third kappa shape index (κ3) is 2.57. The van der Waals surface area contributed by atoms with Crippen LogP contribution in [-0.2, 0) is 4.79 Å². The third-order valence-electron chi connectivity index (χ3n) is 3.04. The van der Waals surface area contributed by atoms with Crippen molar-refractivity contribution in [2.24, 2.45) is 5.73 Å². The minimum Gasteiger partial charge on any atom is -0.494 e. The molecule has 1 saturated carbocycles. The second-order valence-electron chi connectivity index (χ2n) is 4.34. The maximum atomic E-state index is 13.5. The topological polar surface area (TPSA) is 55.6 Å². The number of rotatable bonds is 3. The molecule has 0 spiro atoms. The van der Waals surface area contributed by atoms with Crippen LogP contribution in [0.1, 0.15) is 12.8 Å². The third-order valence-corrected chi connectivity index (χ3v) is 3.04. The minimum atomic E-state index is -0.745. The van der Waals surface area contributed by atoms with E-state index >= 15 is 0 Å². The predicted molar refractivity (Wildman–Crippen MR) is 69.8 cm³/mol. The standard InChI is InChI=1S/C12H15FN2O2.ClH/c1-15(11(16)12(14)5-6-12)8-3-4-10(17-2)9(13)7-8;/h3-4,7H,5-6,14H2,1-2H3;1H. The van der Waals surface area contributed by atoms with Gasteiger partial charge in [0.05, 0.1) is 12.6 Å². The monoisotopic (exact) mass is 274 g/mol. The highest BCUT2D eigenvalue weighted by molar-refractivity contribution is 6.01. The van der Waals surface area contributed by atoms with E-state index in [1.54, 1.807) is 13.1 Å². The van der Waals surface area contributed by atoms with Gasteiger partial charge in [0.2, 0.25) is 5.91 Å². The van der Waals surface area contributed by atoms with Gasteiger partial charge in [-0.3, -0.25) is 4.79 Å². The molecule has 0 bridgehead atoms. The van der Waals surface area contributed by atoms with Gasteiger partial charge in [0, 0.05) is 18.8 Å². The summed E-state index contributed by atoms with van der Waals surface area (Å²) in [5.41, 5.74) is 5.54. The SMILES string of the molecule is COc1ccc(N(C)C(=O)C2(N)CC2)cc1F.Cl. The lowest BCUT2D eigenvalue weighted by molar-refractivity contribution is -0.120. The number of nitrogens with two attached hydrogens (primary N) is 1. The molecule has 0 aliphatic heterocycles. The van der Waals surface area contributed by atoms with Gasteiger partial charge < -0.3 is 15.4 Å². The number of halogens is 2. The fraction of sp³-hybridized carbons (Fsp3) is 0.417. The average molecular weight is 275 g/mol. The lowest BCUT2D eigenvalue weighted by Crippen LogP contribution is -2.43. The van der Waals surface area contributed by atoms with E-state index in [9.17, 15) is 9.18 Å². The number of benzene rings is 1. The smallest absolute Gasteiger partial charge is 0.246 e. The molecule has 1 aliphatic carbocycles. The van der Waals surface area contributed by atoms with Crippen LogP contribution in [0.3, 0.4) is 0 Å². The van der Waals surface area contributed by atoms with Gasteiger partial charge in [-0.1, -0.05) is 0 Å². The molecule has 2 rings (SSSR count). The van der Waals surface area contributed by atoms with Crippen molar-refractivity contribution in [1.82, 2.24) is 0 Å². The van der Waals surface area contributed by atoms with Crippen molar-refractivity contribution < 1.29 is 13.9 Å². The minimum absolute atomic E-state index is 0. The molecular weight excluding hydrogens is 259 g/mol. The number of likely N-dealkylation sites (N-methyl/N-ethyl adjacent to an activating group) is 1. The summed E-state index contributed by atoms with van der Waals surface area (Å²) in [6.07, 6.45) is 1.38. The highest BCUT2D eigenvalue weighted by atomic mass is 35.5. The van der Waals surface area contributed by atoms with E-state index in [2.05, 4.69) is 0 Å². The van der Waals surface area contributed by atoms with Gasteiger partial charge >= 0.3 is 0 Å². The first-order chi connectivity index (χ1) is 7.98. The van der Waals surface area contributed by atoms with Crippen LogP contribution < -0.4 is 15.4 Å². The Morgan fingerprint density at radius 1 is 1.50 bits per heavy atom. The second kappa shape index (κ2) is 5.12. The van der Waals surface area contributed by atoms with Gasteiger partial charge in [-0.15, -0.1) is 12.4 Å². The van der Waals surface area contributed by atoms with Crippen molar-refractivity contribution in [2.75, 3.05) is 19.1 Å². The quantitative estimate of drug-likeness (QED) is 0.913. The first-order valence-corrected chi connectivity index (χ1v) is 5.38. The molecule has 0 heterocycles. The van der Waals surface area contributed by atoms with E-state index in [0.29, 0.717) is 18.5 Å². The van der Waals surface area contributed by atoms with Crippen LogP contribution in [0.25, 0.3) is 0 Å². The molecule has 1 aromatic carbocycles. The van der Waals surface area contributed by atoms with Crippen LogP contribution in [0, 0.1) is 5.82 Å². The summed E-state index contributed by atoms with van der Waals surface area (Å²) in [5, 5.41) is 0. The van der Waals surface area contributed by atoms with Crippen LogP contribution in [0.5, 0.6) is 5.75 Å². The second-order valence-corrected chi connectivity index (χ2v) is 4.34. The van der Waals surface area contributed by atoms with Gasteiger partial charge in [-0.25, -0.2) is 4.39 Å². The molecule has 0 radical (unpaired) electrons.